The first-order valence-corrected chi connectivity index (χ1v) is 8.34. The molecule has 128 valence electrons. The van der Waals surface area contributed by atoms with Gasteiger partial charge in [-0.05, 0) is 30.5 Å². The van der Waals surface area contributed by atoms with Gasteiger partial charge in [0.15, 0.2) is 5.65 Å². The molecule has 3 aromatic rings. The zero-order chi connectivity index (χ0) is 17.4. The number of amides is 1. The zero-order valence-electron chi connectivity index (χ0n) is 13.9. The third-order valence-corrected chi connectivity index (χ3v) is 4.51. The van der Waals surface area contributed by atoms with Gasteiger partial charge in [0.1, 0.15) is 5.56 Å². The first-order valence-electron chi connectivity index (χ1n) is 8.34. The van der Waals surface area contributed by atoms with Crippen molar-refractivity contribution in [1.29, 1.82) is 0 Å². The van der Waals surface area contributed by atoms with Crippen LogP contribution in [0.2, 0.25) is 0 Å². The molecule has 1 N–H and O–H groups in total. The van der Waals surface area contributed by atoms with Gasteiger partial charge in [0.25, 0.3) is 5.91 Å². The van der Waals surface area contributed by atoms with Crippen LogP contribution in [0.4, 0.5) is 0 Å². The van der Waals surface area contributed by atoms with E-state index in [2.05, 4.69) is 15.1 Å². The zero-order valence-corrected chi connectivity index (χ0v) is 13.9. The van der Waals surface area contributed by atoms with Crippen molar-refractivity contribution in [2.24, 2.45) is 5.92 Å². The third-order valence-electron chi connectivity index (χ3n) is 4.51. The number of likely N-dealkylation sites (tertiary alicyclic amines) is 1. The maximum atomic E-state index is 12.9. The van der Waals surface area contributed by atoms with Crippen molar-refractivity contribution in [3.8, 4) is 11.3 Å². The fraction of sp³-hybridized carbons (Fsp3) is 0.333. The number of carbonyl (C=O) groups excluding carboxylic acids is 1. The van der Waals surface area contributed by atoms with E-state index in [9.17, 15) is 9.90 Å². The maximum Gasteiger partial charge on any atom is 0.259 e. The summed E-state index contributed by atoms with van der Waals surface area (Å²) in [5, 5.41) is 14.3. The predicted octanol–water partition coefficient (Wildman–Crippen LogP) is 1.63. The topological polar surface area (TPSA) is 83.6 Å². The summed E-state index contributed by atoms with van der Waals surface area (Å²) in [5.74, 6) is 0.130. The molecule has 4 rings (SSSR count). The highest BCUT2D eigenvalue weighted by Crippen LogP contribution is 2.23. The van der Waals surface area contributed by atoms with E-state index >= 15 is 0 Å². The van der Waals surface area contributed by atoms with Crippen molar-refractivity contribution in [1.82, 2.24) is 24.5 Å². The normalized spacial score (nSPS) is 20.8. The number of fused-ring (bicyclic) bond motifs is 1. The van der Waals surface area contributed by atoms with Crippen molar-refractivity contribution in [2.75, 3.05) is 13.1 Å². The molecule has 0 aromatic carbocycles. The molecular formula is C18H19N5O2. The highest BCUT2D eigenvalue weighted by Gasteiger charge is 2.29. The lowest BCUT2D eigenvalue weighted by molar-refractivity contribution is 0.0340. The van der Waals surface area contributed by atoms with Gasteiger partial charge in [0, 0.05) is 37.2 Å². The maximum absolute atomic E-state index is 12.9. The Morgan fingerprint density at radius 1 is 1.24 bits per heavy atom. The number of aliphatic hydroxyl groups is 1. The van der Waals surface area contributed by atoms with Gasteiger partial charge < -0.3 is 10.0 Å². The minimum atomic E-state index is -0.478. The van der Waals surface area contributed by atoms with Crippen molar-refractivity contribution < 1.29 is 9.90 Å². The van der Waals surface area contributed by atoms with Gasteiger partial charge >= 0.3 is 0 Å². The second-order valence-electron chi connectivity index (χ2n) is 6.57. The van der Waals surface area contributed by atoms with Gasteiger partial charge in [-0.3, -0.25) is 9.78 Å². The van der Waals surface area contributed by atoms with Gasteiger partial charge in [-0.1, -0.05) is 6.92 Å². The molecular weight excluding hydrogens is 318 g/mol. The molecule has 1 aliphatic heterocycles. The smallest absolute Gasteiger partial charge is 0.259 e. The van der Waals surface area contributed by atoms with Crippen LogP contribution in [-0.4, -0.2) is 54.7 Å². The van der Waals surface area contributed by atoms with Crippen LogP contribution in [-0.2, 0) is 0 Å². The Morgan fingerprint density at radius 2 is 2.12 bits per heavy atom. The summed E-state index contributed by atoms with van der Waals surface area (Å²) in [5.41, 5.74) is 2.69. The molecule has 4 heterocycles. The van der Waals surface area contributed by atoms with E-state index < -0.39 is 6.10 Å². The molecule has 25 heavy (non-hydrogen) atoms. The number of hydrogen-bond donors (Lipinski definition) is 1. The molecule has 0 unspecified atom stereocenters. The molecule has 2 atom stereocenters. The highest BCUT2D eigenvalue weighted by molar-refractivity contribution is 6.00. The highest BCUT2D eigenvalue weighted by atomic mass is 16.3. The first kappa shape index (κ1) is 15.7. The van der Waals surface area contributed by atoms with Crippen LogP contribution < -0.4 is 0 Å². The average Bonchev–Trinajstić information content (AvgIpc) is 3.05. The van der Waals surface area contributed by atoms with Crippen LogP contribution in [0.3, 0.4) is 0 Å². The Labute approximate surface area is 144 Å². The van der Waals surface area contributed by atoms with Gasteiger partial charge in [0.2, 0.25) is 0 Å². The SMILES string of the molecule is C[C@@H]1C[C@H](O)CN(C(=O)c2cnn3c(-c4cccnc4)ccnc23)C1. The number of hydrogen-bond acceptors (Lipinski definition) is 5. The molecule has 0 radical (unpaired) electrons. The second-order valence-corrected chi connectivity index (χ2v) is 6.57. The lowest BCUT2D eigenvalue weighted by Gasteiger charge is -2.33. The Kier molecular flexibility index (Phi) is 3.93. The first-order chi connectivity index (χ1) is 12.1. The van der Waals surface area contributed by atoms with E-state index in [1.54, 1.807) is 34.2 Å². The minimum Gasteiger partial charge on any atom is -0.391 e. The summed E-state index contributed by atoms with van der Waals surface area (Å²) < 4.78 is 1.66. The molecule has 1 aliphatic rings. The fourth-order valence-corrected chi connectivity index (χ4v) is 3.43. The quantitative estimate of drug-likeness (QED) is 0.768. The molecule has 0 bridgehead atoms. The Morgan fingerprint density at radius 3 is 2.88 bits per heavy atom. The van der Waals surface area contributed by atoms with E-state index in [1.807, 2.05) is 25.1 Å². The van der Waals surface area contributed by atoms with Crippen LogP contribution in [0.15, 0.2) is 43.0 Å². The molecule has 0 spiro atoms. The van der Waals surface area contributed by atoms with E-state index in [0.717, 1.165) is 17.7 Å². The molecule has 1 saturated heterocycles. The van der Waals surface area contributed by atoms with E-state index in [0.29, 0.717) is 24.3 Å². The Hall–Kier alpha value is -2.80. The Balaban J connectivity index is 1.73. The third kappa shape index (κ3) is 2.87. The number of aliphatic hydroxyl groups excluding tert-OH is 1. The second kappa shape index (κ2) is 6.25. The molecule has 0 saturated carbocycles. The van der Waals surface area contributed by atoms with Gasteiger partial charge in [-0.25, -0.2) is 9.50 Å². The largest absolute Gasteiger partial charge is 0.391 e. The summed E-state index contributed by atoms with van der Waals surface area (Å²) in [4.78, 5) is 23.1. The van der Waals surface area contributed by atoms with Crippen molar-refractivity contribution >= 4 is 11.6 Å². The van der Waals surface area contributed by atoms with Crippen LogP contribution in [0.1, 0.15) is 23.7 Å². The van der Waals surface area contributed by atoms with Crippen molar-refractivity contribution in [2.45, 2.75) is 19.4 Å². The van der Waals surface area contributed by atoms with E-state index in [1.165, 1.54) is 0 Å². The average molecular weight is 337 g/mol. The monoisotopic (exact) mass is 337 g/mol. The number of piperidine rings is 1. The summed E-state index contributed by atoms with van der Waals surface area (Å²) in [6.07, 6.45) is 6.93. The van der Waals surface area contributed by atoms with Crippen LogP contribution in [0.5, 0.6) is 0 Å². The van der Waals surface area contributed by atoms with Gasteiger partial charge in [0.05, 0.1) is 18.0 Å². The summed E-state index contributed by atoms with van der Waals surface area (Å²) in [6.45, 7) is 3.02. The molecule has 0 aliphatic carbocycles. The standard InChI is InChI=1S/C18H19N5O2/c1-12-7-14(24)11-22(10-12)18(25)15-9-21-23-16(4-6-20-17(15)23)13-3-2-5-19-8-13/h2-6,8-9,12,14,24H,7,10-11H2,1H3/t12-,14+/m1/s1. The van der Waals surface area contributed by atoms with Gasteiger partial charge in [-0.2, -0.15) is 5.10 Å². The summed E-state index contributed by atoms with van der Waals surface area (Å²) >= 11 is 0. The molecule has 1 amide bonds. The summed E-state index contributed by atoms with van der Waals surface area (Å²) in [7, 11) is 0. The van der Waals surface area contributed by atoms with Crippen LogP contribution in [0.25, 0.3) is 16.9 Å². The van der Waals surface area contributed by atoms with Crippen molar-refractivity contribution in [3.63, 3.8) is 0 Å². The number of rotatable bonds is 2. The van der Waals surface area contributed by atoms with E-state index in [4.69, 9.17) is 0 Å². The van der Waals surface area contributed by atoms with Crippen LogP contribution in [0, 0.1) is 5.92 Å². The number of aromatic nitrogens is 4. The fourth-order valence-electron chi connectivity index (χ4n) is 3.43. The minimum absolute atomic E-state index is 0.142. The number of carbonyl (C=O) groups is 1. The molecule has 3 aromatic heterocycles. The Bertz CT molecular complexity index is 898. The molecule has 1 fully saturated rings. The van der Waals surface area contributed by atoms with Gasteiger partial charge in [-0.15, -0.1) is 0 Å². The number of β-amino-alcohol motifs (C(OH)–C–C–N with tert-alkyl or cyclic N) is 1. The lowest BCUT2D eigenvalue weighted by atomic mass is 9.97. The lowest BCUT2D eigenvalue weighted by Crippen LogP contribution is -2.45. The molecule has 7 nitrogen and oxygen atoms in total. The van der Waals surface area contributed by atoms with Crippen LogP contribution >= 0.6 is 0 Å². The number of pyridine rings is 1. The number of nitrogens with zero attached hydrogens (tertiary/aromatic N) is 5. The van der Waals surface area contributed by atoms with Crippen molar-refractivity contribution in [3.05, 3.63) is 48.5 Å². The van der Waals surface area contributed by atoms with E-state index in [-0.39, 0.29) is 11.8 Å². The summed E-state index contributed by atoms with van der Waals surface area (Å²) in [6, 6.07) is 5.64. The predicted molar refractivity (Wildman–Crippen MR) is 91.9 cm³/mol. The molecule has 7 heteroatoms.